The van der Waals surface area contributed by atoms with Gasteiger partial charge in [0, 0.05) is 50.3 Å². The molecule has 1 amide bonds. The second-order valence-corrected chi connectivity index (χ2v) is 9.35. The second kappa shape index (κ2) is 9.32. The van der Waals surface area contributed by atoms with Crippen LogP contribution >= 0.6 is 0 Å². The summed E-state index contributed by atoms with van der Waals surface area (Å²) in [7, 11) is 1.65. The Kier molecular flexibility index (Phi) is 6.65. The predicted octanol–water partition coefficient (Wildman–Crippen LogP) is 2.37. The van der Waals surface area contributed by atoms with Gasteiger partial charge in [0.1, 0.15) is 5.82 Å². The number of hydrogen-bond acceptors (Lipinski definition) is 7. The van der Waals surface area contributed by atoms with E-state index in [0.717, 1.165) is 0 Å². The second-order valence-electron chi connectivity index (χ2n) is 9.35. The fourth-order valence-corrected chi connectivity index (χ4v) is 4.69. The summed E-state index contributed by atoms with van der Waals surface area (Å²) in [6, 6.07) is 6.04. The van der Waals surface area contributed by atoms with E-state index in [9.17, 15) is 14.3 Å². The number of nitrogens with zero attached hydrogens (tertiary/aromatic N) is 4. The van der Waals surface area contributed by atoms with E-state index in [1.807, 2.05) is 0 Å². The summed E-state index contributed by atoms with van der Waals surface area (Å²) in [5, 5.41) is 10.1. The number of methoxy groups -OCH3 is 1. The van der Waals surface area contributed by atoms with Crippen LogP contribution in [0.3, 0.4) is 0 Å². The molecule has 2 saturated heterocycles. The van der Waals surface area contributed by atoms with Crippen molar-refractivity contribution in [3.8, 4) is 0 Å². The Balaban J connectivity index is 1.46. The van der Waals surface area contributed by atoms with Crippen LogP contribution in [-0.2, 0) is 15.1 Å². The Morgan fingerprint density at radius 1 is 1.30 bits per heavy atom. The summed E-state index contributed by atoms with van der Waals surface area (Å²) in [6.07, 6.45) is 4.61. The number of morpholine rings is 1. The molecule has 0 saturated carbocycles. The first kappa shape index (κ1) is 23.5. The van der Waals surface area contributed by atoms with Crippen molar-refractivity contribution >= 4 is 11.9 Å². The maximum atomic E-state index is 14.5. The van der Waals surface area contributed by atoms with Crippen LogP contribution < -0.4 is 4.90 Å². The zero-order valence-corrected chi connectivity index (χ0v) is 19.3. The van der Waals surface area contributed by atoms with Crippen molar-refractivity contribution in [3.63, 3.8) is 0 Å². The molecule has 0 bridgehead atoms. The SMILES string of the molecule is COCC1CN(c2ncccn2)CC2(CCN(C(=O)c3ccc(C(C)(C)O)c(F)c3)CC2)O1. The average molecular weight is 459 g/mol. The molecule has 1 aromatic heterocycles. The highest BCUT2D eigenvalue weighted by Gasteiger charge is 2.44. The van der Waals surface area contributed by atoms with E-state index >= 15 is 0 Å². The number of hydrogen-bond donors (Lipinski definition) is 1. The van der Waals surface area contributed by atoms with Crippen LogP contribution in [0, 0.1) is 5.82 Å². The van der Waals surface area contributed by atoms with Crippen molar-refractivity contribution in [2.45, 2.75) is 44.0 Å². The number of amides is 1. The molecule has 2 aliphatic rings. The number of halogens is 1. The first-order chi connectivity index (χ1) is 15.7. The van der Waals surface area contributed by atoms with E-state index in [0.29, 0.717) is 51.6 Å². The number of carbonyl (C=O) groups is 1. The third kappa shape index (κ3) is 5.15. The molecule has 1 atom stereocenters. The molecule has 2 aliphatic heterocycles. The summed E-state index contributed by atoms with van der Waals surface area (Å²) in [6.45, 7) is 5.75. The van der Waals surface area contributed by atoms with Gasteiger partial charge in [0.05, 0.1) is 30.5 Å². The van der Waals surface area contributed by atoms with Crippen LogP contribution in [0.25, 0.3) is 0 Å². The third-order valence-corrected chi connectivity index (χ3v) is 6.34. The van der Waals surface area contributed by atoms with E-state index in [4.69, 9.17) is 9.47 Å². The molecule has 178 valence electrons. The Morgan fingerprint density at radius 2 is 2.00 bits per heavy atom. The van der Waals surface area contributed by atoms with E-state index in [2.05, 4.69) is 14.9 Å². The highest BCUT2D eigenvalue weighted by Crippen LogP contribution is 2.34. The summed E-state index contributed by atoms with van der Waals surface area (Å²) in [5.41, 5.74) is -1.31. The molecule has 1 aromatic carbocycles. The minimum absolute atomic E-state index is 0.127. The molecule has 3 heterocycles. The van der Waals surface area contributed by atoms with Crippen molar-refractivity contribution in [2.75, 3.05) is 44.8 Å². The van der Waals surface area contributed by atoms with Crippen molar-refractivity contribution in [1.82, 2.24) is 14.9 Å². The number of ether oxygens (including phenoxy) is 2. The van der Waals surface area contributed by atoms with Crippen LogP contribution in [0.5, 0.6) is 0 Å². The highest BCUT2D eigenvalue weighted by molar-refractivity contribution is 5.94. The smallest absolute Gasteiger partial charge is 0.253 e. The molecule has 2 fully saturated rings. The largest absolute Gasteiger partial charge is 0.386 e. The zero-order chi connectivity index (χ0) is 23.6. The lowest BCUT2D eigenvalue weighted by Gasteiger charge is -2.49. The van der Waals surface area contributed by atoms with Gasteiger partial charge in [0.2, 0.25) is 5.95 Å². The van der Waals surface area contributed by atoms with Crippen LogP contribution in [0.2, 0.25) is 0 Å². The first-order valence-electron chi connectivity index (χ1n) is 11.2. The minimum Gasteiger partial charge on any atom is -0.386 e. The lowest BCUT2D eigenvalue weighted by molar-refractivity contribution is -0.145. The maximum absolute atomic E-state index is 14.5. The standard InChI is InChI=1S/C24H31FN4O4/c1-23(2,31)19-6-5-17(13-20(19)25)21(30)28-11-7-24(8-12-28)16-29(14-18(33-24)15-32-3)22-26-9-4-10-27-22/h4-6,9-10,13,18,31H,7-8,11-12,14-16H2,1-3H3. The van der Waals surface area contributed by atoms with Crippen molar-refractivity contribution in [1.29, 1.82) is 0 Å². The molecule has 4 rings (SSSR count). The lowest BCUT2D eigenvalue weighted by atomic mass is 9.88. The molecule has 0 radical (unpaired) electrons. The topological polar surface area (TPSA) is 88.0 Å². The molecular formula is C24H31FN4O4. The highest BCUT2D eigenvalue weighted by atomic mass is 19.1. The van der Waals surface area contributed by atoms with Gasteiger partial charge in [-0.3, -0.25) is 4.79 Å². The van der Waals surface area contributed by atoms with Crippen molar-refractivity contribution in [3.05, 3.63) is 53.6 Å². The molecule has 0 aliphatic carbocycles. The number of rotatable bonds is 5. The molecule has 1 spiro atoms. The van der Waals surface area contributed by atoms with Gasteiger partial charge >= 0.3 is 0 Å². The monoisotopic (exact) mass is 458 g/mol. The van der Waals surface area contributed by atoms with Crippen LogP contribution in [0.15, 0.2) is 36.7 Å². The normalized spacial score (nSPS) is 20.8. The Labute approximate surface area is 193 Å². The Hall–Kier alpha value is -2.62. The number of anilines is 1. The maximum Gasteiger partial charge on any atom is 0.253 e. The van der Waals surface area contributed by atoms with Gasteiger partial charge in [0.15, 0.2) is 0 Å². The quantitative estimate of drug-likeness (QED) is 0.736. The molecule has 1 N–H and O–H groups in total. The number of carbonyl (C=O) groups excluding carboxylic acids is 1. The first-order valence-corrected chi connectivity index (χ1v) is 11.2. The number of aliphatic hydroxyl groups is 1. The molecule has 8 nitrogen and oxygen atoms in total. The zero-order valence-electron chi connectivity index (χ0n) is 19.3. The summed E-state index contributed by atoms with van der Waals surface area (Å²) in [5.74, 6) is -0.154. The summed E-state index contributed by atoms with van der Waals surface area (Å²) in [4.78, 5) is 25.7. The Morgan fingerprint density at radius 3 is 2.61 bits per heavy atom. The van der Waals surface area contributed by atoms with E-state index < -0.39 is 17.0 Å². The van der Waals surface area contributed by atoms with Gasteiger partial charge in [0.25, 0.3) is 5.91 Å². The van der Waals surface area contributed by atoms with Gasteiger partial charge in [-0.15, -0.1) is 0 Å². The van der Waals surface area contributed by atoms with E-state index in [-0.39, 0.29) is 23.1 Å². The Bertz CT molecular complexity index is 974. The molecule has 1 unspecified atom stereocenters. The predicted molar refractivity (Wildman–Crippen MR) is 121 cm³/mol. The third-order valence-electron chi connectivity index (χ3n) is 6.34. The number of aromatic nitrogens is 2. The van der Waals surface area contributed by atoms with Crippen LogP contribution in [0.4, 0.5) is 10.3 Å². The van der Waals surface area contributed by atoms with Gasteiger partial charge < -0.3 is 24.4 Å². The van der Waals surface area contributed by atoms with Crippen molar-refractivity contribution < 1.29 is 23.8 Å². The fourth-order valence-electron chi connectivity index (χ4n) is 4.69. The summed E-state index contributed by atoms with van der Waals surface area (Å²) < 4.78 is 26.3. The van der Waals surface area contributed by atoms with Crippen LogP contribution in [0.1, 0.15) is 42.6 Å². The van der Waals surface area contributed by atoms with Crippen LogP contribution in [-0.4, -0.2) is 77.5 Å². The van der Waals surface area contributed by atoms with E-state index in [1.54, 1.807) is 36.5 Å². The number of benzene rings is 1. The van der Waals surface area contributed by atoms with Gasteiger partial charge in [-0.2, -0.15) is 0 Å². The van der Waals surface area contributed by atoms with Gasteiger partial charge in [-0.25, -0.2) is 14.4 Å². The lowest BCUT2D eigenvalue weighted by Crippen LogP contribution is -2.61. The van der Waals surface area contributed by atoms with Gasteiger partial charge in [-0.05, 0) is 44.9 Å². The number of likely N-dealkylation sites (tertiary alicyclic amines) is 1. The fraction of sp³-hybridized carbons (Fsp3) is 0.542. The van der Waals surface area contributed by atoms with Gasteiger partial charge in [-0.1, -0.05) is 6.07 Å². The molecule has 9 heteroatoms. The molecule has 2 aromatic rings. The van der Waals surface area contributed by atoms with E-state index in [1.165, 1.54) is 26.0 Å². The molecular weight excluding hydrogens is 427 g/mol. The summed E-state index contributed by atoms with van der Waals surface area (Å²) >= 11 is 0. The number of piperidine rings is 1. The van der Waals surface area contributed by atoms with Crippen molar-refractivity contribution in [2.24, 2.45) is 0 Å². The minimum atomic E-state index is -1.31. The average Bonchev–Trinajstić information content (AvgIpc) is 2.79. The molecule has 33 heavy (non-hydrogen) atoms.